The van der Waals surface area contributed by atoms with Crippen molar-refractivity contribution in [2.24, 2.45) is 0 Å². The van der Waals surface area contributed by atoms with Crippen molar-refractivity contribution in [3.63, 3.8) is 0 Å². The molecule has 1 atom stereocenters. The van der Waals surface area contributed by atoms with Crippen LogP contribution in [-0.4, -0.2) is 26.6 Å². The number of hydrogen-bond donors (Lipinski definition) is 1. The van der Waals surface area contributed by atoms with Crippen LogP contribution in [0.25, 0.3) is 0 Å². The van der Waals surface area contributed by atoms with Crippen LogP contribution >= 0.6 is 0 Å². The molecular weight excluding hydrogens is 336 g/mol. The molecule has 0 aliphatic carbocycles. The minimum absolute atomic E-state index is 0.0854. The second kappa shape index (κ2) is 7.27. The predicted molar refractivity (Wildman–Crippen MR) is 100 cm³/mol. The van der Waals surface area contributed by atoms with Crippen LogP contribution in [-0.2, 0) is 14.8 Å². The van der Waals surface area contributed by atoms with Crippen LogP contribution in [0.15, 0.2) is 54.6 Å². The average molecular weight is 358 g/mol. The molecule has 1 fully saturated rings. The number of nitrogens with zero attached hydrogens (tertiary/aromatic N) is 1. The lowest BCUT2D eigenvalue weighted by molar-refractivity contribution is -0.116. The number of benzene rings is 2. The standard InChI is InChI=1S/C19H22N2O3S/c1-15(16-7-3-2-4-8-16)13-19(22)20-17-9-5-10-18(14-17)21-11-6-12-25(21,23)24/h2-5,7-10,14-15H,6,11-13H2,1H3,(H,20,22). The third-order valence-corrected chi connectivity index (χ3v) is 6.25. The Bertz CT molecular complexity index is 850. The van der Waals surface area contributed by atoms with Crippen molar-refractivity contribution in [3.8, 4) is 0 Å². The molecule has 3 rings (SSSR count). The van der Waals surface area contributed by atoms with E-state index in [-0.39, 0.29) is 17.6 Å². The van der Waals surface area contributed by atoms with Gasteiger partial charge in [-0.2, -0.15) is 0 Å². The Morgan fingerprint density at radius 1 is 1.16 bits per heavy atom. The second-order valence-electron chi connectivity index (χ2n) is 6.36. The zero-order chi connectivity index (χ0) is 17.9. The van der Waals surface area contributed by atoms with Gasteiger partial charge in [0.25, 0.3) is 0 Å². The van der Waals surface area contributed by atoms with E-state index in [1.165, 1.54) is 4.31 Å². The molecule has 1 aliphatic heterocycles. The third kappa shape index (κ3) is 4.20. The molecule has 25 heavy (non-hydrogen) atoms. The fourth-order valence-corrected chi connectivity index (χ4v) is 4.61. The van der Waals surface area contributed by atoms with E-state index in [4.69, 9.17) is 0 Å². The van der Waals surface area contributed by atoms with E-state index in [9.17, 15) is 13.2 Å². The first-order chi connectivity index (χ1) is 12.0. The molecule has 6 heteroatoms. The van der Waals surface area contributed by atoms with E-state index in [1.54, 1.807) is 24.3 Å². The molecular formula is C19H22N2O3S. The van der Waals surface area contributed by atoms with Gasteiger partial charge in [0.05, 0.1) is 11.4 Å². The summed E-state index contributed by atoms with van der Waals surface area (Å²) < 4.78 is 25.5. The average Bonchev–Trinajstić information content (AvgIpc) is 2.95. The zero-order valence-corrected chi connectivity index (χ0v) is 15.0. The van der Waals surface area contributed by atoms with Gasteiger partial charge in [0.2, 0.25) is 15.9 Å². The number of anilines is 2. The smallest absolute Gasteiger partial charge is 0.235 e. The van der Waals surface area contributed by atoms with Crippen LogP contribution in [0.2, 0.25) is 0 Å². The number of amides is 1. The van der Waals surface area contributed by atoms with E-state index in [2.05, 4.69) is 5.32 Å². The fraction of sp³-hybridized carbons (Fsp3) is 0.316. The van der Waals surface area contributed by atoms with Gasteiger partial charge >= 0.3 is 0 Å². The summed E-state index contributed by atoms with van der Waals surface area (Å²) in [6, 6.07) is 16.9. The summed E-state index contributed by atoms with van der Waals surface area (Å²) in [7, 11) is -3.22. The Balaban J connectivity index is 1.67. The van der Waals surface area contributed by atoms with Crippen molar-refractivity contribution < 1.29 is 13.2 Å². The van der Waals surface area contributed by atoms with Crippen LogP contribution in [0.5, 0.6) is 0 Å². The zero-order valence-electron chi connectivity index (χ0n) is 14.2. The quantitative estimate of drug-likeness (QED) is 0.891. The van der Waals surface area contributed by atoms with Gasteiger partial charge in [0.15, 0.2) is 0 Å². The monoisotopic (exact) mass is 358 g/mol. The third-order valence-electron chi connectivity index (χ3n) is 4.38. The first-order valence-corrected chi connectivity index (χ1v) is 10.0. The van der Waals surface area contributed by atoms with Gasteiger partial charge in [0.1, 0.15) is 0 Å². The highest BCUT2D eigenvalue weighted by molar-refractivity contribution is 7.93. The lowest BCUT2D eigenvalue weighted by atomic mass is 9.97. The molecule has 0 aromatic heterocycles. The van der Waals surface area contributed by atoms with E-state index in [0.29, 0.717) is 30.8 Å². The highest BCUT2D eigenvalue weighted by atomic mass is 32.2. The minimum atomic E-state index is -3.22. The van der Waals surface area contributed by atoms with Gasteiger partial charge in [-0.3, -0.25) is 9.10 Å². The molecule has 2 aromatic rings. The van der Waals surface area contributed by atoms with Crippen LogP contribution < -0.4 is 9.62 Å². The van der Waals surface area contributed by atoms with Crippen LogP contribution in [0, 0.1) is 0 Å². The van der Waals surface area contributed by atoms with Crippen molar-refractivity contribution >= 4 is 27.3 Å². The maximum atomic E-state index is 12.3. The first kappa shape index (κ1) is 17.5. The molecule has 0 radical (unpaired) electrons. The van der Waals surface area contributed by atoms with E-state index >= 15 is 0 Å². The number of hydrogen-bond acceptors (Lipinski definition) is 3. The molecule has 2 aromatic carbocycles. The molecule has 1 aliphatic rings. The van der Waals surface area contributed by atoms with Crippen molar-refractivity contribution in [1.82, 2.24) is 0 Å². The summed E-state index contributed by atoms with van der Waals surface area (Å²) in [6.45, 7) is 2.51. The number of carbonyl (C=O) groups excluding carboxylic acids is 1. The largest absolute Gasteiger partial charge is 0.326 e. The Labute approximate surface area is 148 Å². The summed E-state index contributed by atoms with van der Waals surface area (Å²) in [4.78, 5) is 12.3. The van der Waals surface area contributed by atoms with E-state index < -0.39 is 10.0 Å². The van der Waals surface area contributed by atoms with Gasteiger partial charge in [-0.25, -0.2) is 8.42 Å². The SMILES string of the molecule is CC(CC(=O)Nc1cccc(N2CCCS2(=O)=O)c1)c1ccccc1. The van der Waals surface area contributed by atoms with Crippen molar-refractivity contribution in [1.29, 1.82) is 0 Å². The molecule has 0 bridgehead atoms. The Kier molecular flexibility index (Phi) is 5.08. The molecule has 1 N–H and O–H groups in total. The van der Waals surface area contributed by atoms with Crippen molar-refractivity contribution in [3.05, 3.63) is 60.2 Å². The highest BCUT2D eigenvalue weighted by Crippen LogP contribution is 2.27. The van der Waals surface area contributed by atoms with E-state index in [0.717, 1.165) is 5.56 Å². The molecule has 132 valence electrons. The maximum Gasteiger partial charge on any atom is 0.235 e. The number of sulfonamides is 1. The van der Waals surface area contributed by atoms with Gasteiger partial charge in [-0.05, 0) is 36.1 Å². The van der Waals surface area contributed by atoms with Crippen LogP contribution in [0.3, 0.4) is 0 Å². The van der Waals surface area contributed by atoms with Gasteiger partial charge in [0, 0.05) is 18.7 Å². The fourth-order valence-electron chi connectivity index (χ4n) is 3.06. The molecule has 1 amide bonds. The lowest BCUT2D eigenvalue weighted by Gasteiger charge is -2.18. The Morgan fingerprint density at radius 2 is 1.92 bits per heavy atom. The number of carbonyl (C=O) groups is 1. The topological polar surface area (TPSA) is 66.5 Å². The lowest BCUT2D eigenvalue weighted by Crippen LogP contribution is -2.25. The number of rotatable bonds is 5. The molecule has 0 saturated carbocycles. The molecule has 1 unspecified atom stereocenters. The normalized spacial score (nSPS) is 17.2. The first-order valence-electron chi connectivity index (χ1n) is 8.41. The van der Waals surface area contributed by atoms with Crippen molar-refractivity contribution in [2.75, 3.05) is 21.9 Å². The Morgan fingerprint density at radius 3 is 2.60 bits per heavy atom. The summed E-state index contributed by atoms with van der Waals surface area (Å²) >= 11 is 0. The van der Waals surface area contributed by atoms with E-state index in [1.807, 2.05) is 37.3 Å². The highest BCUT2D eigenvalue weighted by Gasteiger charge is 2.28. The molecule has 5 nitrogen and oxygen atoms in total. The summed E-state index contributed by atoms with van der Waals surface area (Å²) in [6.07, 6.45) is 1.00. The second-order valence-corrected chi connectivity index (χ2v) is 8.37. The summed E-state index contributed by atoms with van der Waals surface area (Å²) in [5.74, 6) is 0.208. The Hall–Kier alpha value is -2.34. The maximum absolute atomic E-state index is 12.3. The predicted octanol–water partition coefficient (Wildman–Crippen LogP) is 3.36. The van der Waals surface area contributed by atoms with Gasteiger partial charge in [-0.15, -0.1) is 0 Å². The minimum Gasteiger partial charge on any atom is -0.326 e. The van der Waals surface area contributed by atoms with Crippen LogP contribution in [0.1, 0.15) is 31.2 Å². The summed E-state index contributed by atoms with van der Waals surface area (Å²) in [5, 5.41) is 2.87. The molecule has 1 heterocycles. The molecule has 1 saturated heterocycles. The van der Waals surface area contributed by atoms with Gasteiger partial charge in [-0.1, -0.05) is 43.3 Å². The summed E-state index contributed by atoms with van der Waals surface area (Å²) in [5.41, 5.74) is 2.34. The van der Waals surface area contributed by atoms with Crippen molar-refractivity contribution in [2.45, 2.75) is 25.7 Å². The number of nitrogens with one attached hydrogen (secondary N) is 1. The van der Waals surface area contributed by atoms with Crippen LogP contribution in [0.4, 0.5) is 11.4 Å². The molecule has 0 spiro atoms. The van der Waals surface area contributed by atoms with Gasteiger partial charge < -0.3 is 5.32 Å².